The molecular formula is C10H11ClOS. The molecule has 1 aromatic carbocycles. The van der Waals surface area contributed by atoms with Crippen LogP contribution >= 0.6 is 23.4 Å². The molecule has 1 aromatic rings. The van der Waals surface area contributed by atoms with Gasteiger partial charge in [0, 0.05) is 4.90 Å². The van der Waals surface area contributed by atoms with E-state index in [2.05, 4.69) is 0 Å². The molecule has 1 atom stereocenters. The summed E-state index contributed by atoms with van der Waals surface area (Å²) in [5, 5.41) is -0.433. The molecule has 0 aliphatic carbocycles. The number of aryl methyl sites for hydroxylation is 1. The zero-order chi connectivity index (χ0) is 9.84. The lowest BCUT2D eigenvalue weighted by Gasteiger charge is -2.01. The van der Waals surface area contributed by atoms with Gasteiger partial charge in [0.25, 0.3) is 0 Å². The van der Waals surface area contributed by atoms with Gasteiger partial charge in [0.05, 0.1) is 5.38 Å². The first-order chi connectivity index (χ1) is 6.09. The summed E-state index contributed by atoms with van der Waals surface area (Å²) in [6.07, 6.45) is 0. The number of halogens is 1. The minimum atomic E-state index is -0.425. The summed E-state index contributed by atoms with van der Waals surface area (Å²) in [5.74, 6) is 0. The Balaban J connectivity index is 2.65. The first-order valence-electron chi connectivity index (χ1n) is 4.02. The molecule has 0 saturated carbocycles. The molecule has 0 aromatic heterocycles. The van der Waals surface area contributed by atoms with Gasteiger partial charge in [-0.2, -0.15) is 0 Å². The van der Waals surface area contributed by atoms with Gasteiger partial charge in [-0.05, 0) is 26.0 Å². The second kappa shape index (κ2) is 4.68. The summed E-state index contributed by atoms with van der Waals surface area (Å²) < 4.78 is 0. The third kappa shape index (κ3) is 3.41. The van der Waals surface area contributed by atoms with E-state index in [4.69, 9.17) is 11.6 Å². The van der Waals surface area contributed by atoms with Gasteiger partial charge in [0.15, 0.2) is 0 Å². The van der Waals surface area contributed by atoms with E-state index >= 15 is 0 Å². The highest BCUT2D eigenvalue weighted by Crippen LogP contribution is 2.21. The molecule has 3 heteroatoms. The summed E-state index contributed by atoms with van der Waals surface area (Å²) in [6.45, 7) is 3.70. The Morgan fingerprint density at radius 3 is 2.38 bits per heavy atom. The van der Waals surface area contributed by atoms with Crippen molar-refractivity contribution in [2.45, 2.75) is 24.1 Å². The number of benzene rings is 1. The molecule has 0 aliphatic rings. The molecule has 0 unspecified atom stereocenters. The van der Waals surface area contributed by atoms with Crippen LogP contribution in [0.4, 0.5) is 0 Å². The molecule has 0 radical (unpaired) electrons. The molecule has 0 N–H and O–H groups in total. The third-order valence-electron chi connectivity index (χ3n) is 1.56. The monoisotopic (exact) mass is 214 g/mol. The van der Waals surface area contributed by atoms with Crippen LogP contribution < -0.4 is 0 Å². The summed E-state index contributed by atoms with van der Waals surface area (Å²) >= 11 is 6.83. The summed E-state index contributed by atoms with van der Waals surface area (Å²) in [7, 11) is 0. The molecule has 1 rings (SSSR count). The van der Waals surface area contributed by atoms with E-state index in [9.17, 15) is 4.79 Å². The Morgan fingerprint density at radius 2 is 1.92 bits per heavy atom. The highest BCUT2D eigenvalue weighted by atomic mass is 35.5. The van der Waals surface area contributed by atoms with Gasteiger partial charge in [0.1, 0.15) is 0 Å². The predicted molar refractivity (Wildman–Crippen MR) is 57.4 cm³/mol. The lowest BCUT2D eigenvalue weighted by atomic mass is 10.2. The summed E-state index contributed by atoms with van der Waals surface area (Å²) in [6, 6.07) is 7.82. The van der Waals surface area contributed by atoms with Crippen LogP contribution in [0.1, 0.15) is 12.5 Å². The number of hydrogen-bond acceptors (Lipinski definition) is 2. The van der Waals surface area contributed by atoms with Gasteiger partial charge in [-0.25, -0.2) is 0 Å². The molecule has 0 saturated heterocycles. The lowest BCUT2D eigenvalue weighted by molar-refractivity contribution is -0.110. The van der Waals surface area contributed by atoms with E-state index in [-0.39, 0.29) is 5.12 Å². The van der Waals surface area contributed by atoms with Crippen molar-refractivity contribution in [2.75, 3.05) is 0 Å². The summed E-state index contributed by atoms with van der Waals surface area (Å²) in [4.78, 5) is 12.2. The van der Waals surface area contributed by atoms with Gasteiger partial charge in [-0.1, -0.05) is 29.5 Å². The average molecular weight is 215 g/mol. The first-order valence-corrected chi connectivity index (χ1v) is 5.27. The van der Waals surface area contributed by atoms with Crippen molar-refractivity contribution in [1.82, 2.24) is 0 Å². The molecule has 0 bridgehead atoms. The summed E-state index contributed by atoms with van der Waals surface area (Å²) in [5.41, 5.74) is 1.19. The number of carbonyl (C=O) groups excluding carboxylic acids is 1. The number of rotatable bonds is 2. The smallest absolute Gasteiger partial charge is 0.211 e. The Kier molecular flexibility index (Phi) is 3.82. The molecule has 0 amide bonds. The quantitative estimate of drug-likeness (QED) is 0.556. The zero-order valence-electron chi connectivity index (χ0n) is 7.58. The van der Waals surface area contributed by atoms with E-state index in [1.54, 1.807) is 6.92 Å². The number of alkyl halides is 1. The zero-order valence-corrected chi connectivity index (χ0v) is 9.15. The van der Waals surface area contributed by atoms with Crippen molar-refractivity contribution < 1.29 is 4.79 Å². The highest BCUT2D eigenvalue weighted by Gasteiger charge is 2.10. The van der Waals surface area contributed by atoms with Crippen LogP contribution in [0.3, 0.4) is 0 Å². The second-order valence-corrected chi connectivity index (χ2v) is 4.58. The minimum absolute atomic E-state index is 0.00878. The van der Waals surface area contributed by atoms with Crippen molar-refractivity contribution in [2.24, 2.45) is 0 Å². The fourth-order valence-electron chi connectivity index (χ4n) is 0.804. The van der Waals surface area contributed by atoms with Crippen molar-refractivity contribution in [1.29, 1.82) is 0 Å². The SMILES string of the molecule is Cc1ccc(SC(=O)[C@@H](C)Cl)cc1. The largest absolute Gasteiger partial charge is 0.285 e. The van der Waals surface area contributed by atoms with E-state index in [0.717, 1.165) is 4.90 Å². The average Bonchev–Trinajstić information content (AvgIpc) is 2.08. The van der Waals surface area contributed by atoms with E-state index in [1.807, 2.05) is 31.2 Å². The van der Waals surface area contributed by atoms with Gasteiger partial charge in [0.2, 0.25) is 5.12 Å². The Morgan fingerprint density at radius 1 is 1.38 bits per heavy atom. The van der Waals surface area contributed by atoms with Crippen LogP contribution in [0.15, 0.2) is 29.2 Å². The number of hydrogen-bond donors (Lipinski definition) is 0. The number of thioether (sulfide) groups is 1. The molecule has 0 spiro atoms. The molecule has 0 heterocycles. The molecule has 70 valence electrons. The third-order valence-corrected chi connectivity index (χ3v) is 2.95. The van der Waals surface area contributed by atoms with E-state index in [0.29, 0.717) is 0 Å². The highest BCUT2D eigenvalue weighted by molar-refractivity contribution is 8.13. The standard InChI is InChI=1S/C10H11ClOS/c1-7-3-5-9(6-4-7)13-10(12)8(2)11/h3-6,8H,1-2H3/t8-/m1/s1. The maximum absolute atomic E-state index is 11.2. The maximum atomic E-state index is 11.2. The molecule has 13 heavy (non-hydrogen) atoms. The van der Waals surface area contributed by atoms with Crippen molar-refractivity contribution >= 4 is 28.5 Å². The van der Waals surface area contributed by atoms with E-state index < -0.39 is 5.38 Å². The van der Waals surface area contributed by atoms with Crippen LogP contribution in [0, 0.1) is 6.92 Å². The molecule has 1 nitrogen and oxygen atoms in total. The van der Waals surface area contributed by atoms with Crippen molar-refractivity contribution in [3.05, 3.63) is 29.8 Å². The molecule has 0 aliphatic heterocycles. The fourth-order valence-corrected chi connectivity index (χ4v) is 1.60. The Bertz CT molecular complexity index is 292. The topological polar surface area (TPSA) is 17.1 Å². The maximum Gasteiger partial charge on any atom is 0.211 e. The lowest BCUT2D eigenvalue weighted by Crippen LogP contribution is -2.04. The van der Waals surface area contributed by atoms with Gasteiger partial charge in [-0.15, -0.1) is 11.6 Å². The second-order valence-electron chi connectivity index (χ2n) is 2.85. The van der Waals surface area contributed by atoms with Crippen LogP contribution in [0.5, 0.6) is 0 Å². The first kappa shape index (κ1) is 10.6. The van der Waals surface area contributed by atoms with Crippen molar-refractivity contribution in [3.8, 4) is 0 Å². The van der Waals surface area contributed by atoms with Gasteiger partial charge < -0.3 is 0 Å². The molecular weight excluding hydrogens is 204 g/mol. The van der Waals surface area contributed by atoms with Crippen molar-refractivity contribution in [3.63, 3.8) is 0 Å². The Hall–Kier alpha value is -0.470. The van der Waals surface area contributed by atoms with Gasteiger partial charge >= 0.3 is 0 Å². The normalized spacial score (nSPS) is 12.5. The fraction of sp³-hybridized carbons (Fsp3) is 0.300. The van der Waals surface area contributed by atoms with Gasteiger partial charge in [-0.3, -0.25) is 4.79 Å². The van der Waals surface area contributed by atoms with Crippen LogP contribution in [-0.4, -0.2) is 10.5 Å². The molecule has 0 fully saturated rings. The van der Waals surface area contributed by atoms with E-state index in [1.165, 1.54) is 17.3 Å². The Labute approximate surface area is 87.5 Å². The van der Waals surface area contributed by atoms with Crippen LogP contribution in [0.25, 0.3) is 0 Å². The minimum Gasteiger partial charge on any atom is -0.285 e. The van der Waals surface area contributed by atoms with Crippen LogP contribution in [-0.2, 0) is 4.79 Å². The van der Waals surface area contributed by atoms with Crippen LogP contribution in [0.2, 0.25) is 0 Å². The number of carbonyl (C=O) groups is 1. The predicted octanol–water partition coefficient (Wildman–Crippen LogP) is 3.24.